The third kappa shape index (κ3) is 53.4. The average Bonchev–Trinajstić information content (AvgIpc) is 3.33. The Hall–Kier alpha value is -3.41. The molecule has 0 fully saturated rings. The van der Waals surface area contributed by atoms with E-state index in [4.69, 9.17) is 14.2 Å². The van der Waals surface area contributed by atoms with Gasteiger partial charge in [0.1, 0.15) is 13.2 Å². The van der Waals surface area contributed by atoms with Crippen molar-refractivity contribution in [1.82, 2.24) is 0 Å². The van der Waals surface area contributed by atoms with E-state index in [0.29, 0.717) is 19.3 Å². The van der Waals surface area contributed by atoms with E-state index in [9.17, 15) is 14.4 Å². The van der Waals surface area contributed by atoms with Crippen LogP contribution in [0.1, 0.15) is 265 Å². The number of carbonyl (C=O) groups excluding carboxylic acids is 3. The molecule has 0 amide bonds. The fourth-order valence-corrected chi connectivity index (χ4v) is 7.66. The molecule has 0 heterocycles. The lowest BCUT2D eigenvalue weighted by Crippen LogP contribution is -2.30. The maximum absolute atomic E-state index is 12.8. The highest BCUT2D eigenvalue weighted by Gasteiger charge is 2.19. The van der Waals surface area contributed by atoms with Crippen LogP contribution in [0.3, 0.4) is 0 Å². The van der Waals surface area contributed by atoms with E-state index in [1.165, 1.54) is 89.9 Å². The molecular formula is C61H104O6. The molecule has 0 aliphatic heterocycles. The third-order valence-electron chi connectivity index (χ3n) is 11.9. The van der Waals surface area contributed by atoms with Gasteiger partial charge in [-0.2, -0.15) is 0 Å². The van der Waals surface area contributed by atoms with Gasteiger partial charge in [0.05, 0.1) is 0 Å². The van der Waals surface area contributed by atoms with Gasteiger partial charge in [0.2, 0.25) is 0 Å². The predicted octanol–water partition coefficient (Wildman–Crippen LogP) is 18.8. The number of ether oxygens (including phenoxy) is 3. The van der Waals surface area contributed by atoms with Crippen LogP contribution in [0.25, 0.3) is 0 Å². The van der Waals surface area contributed by atoms with Crippen LogP contribution in [0.4, 0.5) is 0 Å². The van der Waals surface area contributed by atoms with Crippen molar-refractivity contribution >= 4 is 17.9 Å². The standard InChI is InChI=1S/C61H104O6/c1-4-7-10-13-16-19-22-25-28-29-30-31-32-33-34-37-39-42-45-48-51-54-60(63)66-57-58(67-61(64)55-52-49-46-43-40-36-27-24-21-18-15-12-9-6-3)56-65-59(62)53-50-47-44-41-38-35-26-23-20-17-14-11-8-5-2/h7,10,15-16,18-19,24-25,27-28,30-31,33-34,58H,4-6,8-9,11-14,17,20-23,26,29,32,35-57H2,1-3H3/b10-7-,18-15-,19-16-,27-24-,28-25-,31-30-,34-33-. The van der Waals surface area contributed by atoms with E-state index in [0.717, 1.165) is 135 Å². The fourth-order valence-electron chi connectivity index (χ4n) is 7.66. The number of esters is 3. The number of rotatable bonds is 50. The first-order valence-corrected chi connectivity index (χ1v) is 28.1. The lowest BCUT2D eigenvalue weighted by atomic mass is 10.0. The van der Waals surface area contributed by atoms with Crippen LogP contribution in [-0.4, -0.2) is 37.2 Å². The first-order valence-electron chi connectivity index (χ1n) is 28.1. The molecule has 67 heavy (non-hydrogen) atoms. The summed E-state index contributed by atoms with van der Waals surface area (Å²) in [6.07, 6.45) is 71.3. The largest absolute Gasteiger partial charge is 0.462 e. The van der Waals surface area contributed by atoms with Crippen LogP contribution in [0, 0.1) is 0 Å². The fraction of sp³-hybridized carbons (Fsp3) is 0.721. The van der Waals surface area contributed by atoms with Crippen LogP contribution in [0.2, 0.25) is 0 Å². The Balaban J connectivity index is 4.41. The van der Waals surface area contributed by atoms with E-state index in [1.807, 2.05) is 0 Å². The Morgan fingerprint density at radius 3 is 0.955 bits per heavy atom. The Morgan fingerprint density at radius 2 is 0.597 bits per heavy atom. The summed E-state index contributed by atoms with van der Waals surface area (Å²) >= 11 is 0. The normalized spacial score (nSPS) is 12.7. The van der Waals surface area contributed by atoms with Crippen LogP contribution in [0.5, 0.6) is 0 Å². The van der Waals surface area contributed by atoms with Gasteiger partial charge in [0, 0.05) is 19.3 Å². The van der Waals surface area contributed by atoms with Crippen molar-refractivity contribution in [2.45, 2.75) is 271 Å². The van der Waals surface area contributed by atoms with Gasteiger partial charge in [-0.25, -0.2) is 0 Å². The highest BCUT2D eigenvalue weighted by Crippen LogP contribution is 2.15. The van der Waals surface area contributed by atoms with Crippen molar-refractivity contribution in [3.8, 4) is 0 Å². The van der Waals surface area contributed by atoms with E-state index >= 15 is 0 Å². The van der Waals surface area contributed by atoms with Crippen LogP contribution < -0.4 is 0 Å². The van der Waals surface area contributed by atoms with Crippen LogP contribution in [-0.2, 0) is 28.6 Å². The molecule has 1 atom stereocenters. The topological polar surface area (TPSA) is 78.9 Å². The molecule has 0 N–H and O–H groups in total. The number of carbonyl (C=O) groups is 3. The van der Waals surface area contributed by atoms with Crippen molar-refractivity contribution < 1.29 is 28.6 Å². The first kappa shape index (κ1) is 63.6. The minimum Gasteiger partial charge on any atom is -0.462 e. The van der Waals surface area contributed by atoms with Gasteiger partial charge in [-0.3, -0.25) is 14.4 Å². The SMILES string of the molecule is CC/C=C\C/C=C\C/C=C\C/C=C\C/C=C\CCCCCCCC(=O)OCC(COC(=O)CCCCCCCCCCCCCCCC)OC(=O)CCCCCCC/C=C\C/C=C\CCCC. The van der Waals surface area contributed by atoms with Gasteiger partial charge in [-0.15, -0.1) is 0 Å². The minimum atomic E-state index is -0.791. The molecule has 0 aromatic rings. The van der Waals surface area contributed by atoms with E-state index in [2.05, 4.69) is 106 Å². The zero-order valence-electron chi connectivity index (χ0n) is 43.9. The van der Waals surface area contributed by atoms with Crippen molar-refractivity contribution in [2.24, 2.45) is 0 Å². The van der Waals surface area contributed by atoms with E-state index in [1.54, 1.807) is 0 Å². The number of hydrogen-bond donors (Lipinski definition) is 0. The number of allylic oxidation sites excluding steroid dienone is 14. The van der Waals surface area contributed by atoms with Crippen LogP contribution in [0.15, 0.2) is 85.1 Å². The zero-order valence-corrected chi connectivity index (χ0v) is 43.9. The molecule has 0 spiro atoms. The van der Waals surface area contributed by atoms with Gasteiger partial charge >= 0.3 is 17.9 Å². The second kappa shape index (κ2) is 55.2. The predicted molar refractivity (Wildman–Crippen MR) is 288 cm³/mol. The number of unbranched alkanes of at least 4 members (excludes halogenated alkanes) is 25. The molecule has 384 valence electrons. The Morgan fingerprint density at radius 1 is 0.313 bits per heavy atom. The average molecular weight is 933 g/mol. The Kier molecular flexibility index (Phi) is 52.4. The van der Waals surface area contributed by atoms with E-state index < -0.39 is 6.10 Å². The van der Waals surface area contributed by atoms with E-state index in [-0.39, 0.29) is 31.1 Å². The summed E-state index contributed by atoms with van der Waals surface area (Å²) in [6, 6.07) is 0. The lowest BCUT2D eigenvalue weighted by Gasteiger charge is -2.18. The molecular weight excluding hydrogens is 829 g/mol. The summed E-state index contributed by atoms with van der Waals surface area (Å²) in [6.45, 7) is 6.47. The summed E-state index contributed by atoms with van der Waals surface area (Å²) in [4.78, 5) is 38.1. The van der Waals surface area contributed by atoms with Gasteiger partial charge in [-0.05, 0) is 89.9 Å². The Bertz CT molecular complexity index is 1300. The second-order valence-corrected chi connectivity index (χ2v) is 18.5. The quantitative estimate of drug-likeness (QED) is 0.0262. The molecule has 0 bridgehead atoms. The number of hydrogen-bond acceptors (Lipinski definition) is 6. The van der Waals surface area contributed by atoms with Gasteiger partial charge in [0.15, 0.2) is 6.10 Å². The van der Waals surface area contributed by atoms with Crippen molar-refractivity contribution in [2.75, 3.05) is 13.2 Å². The maximum atomic E-state index is 12.8. The summed E-state index contributed by atoms with van der Waals surface area (Å²) in [5, 5.41) is 0. The van der Waals surface area contributed by atoms with Crippen molar-refractivity contribution in [3.05, 3.63) is 85.1 Å². The molecule has 0 rings (SSSR count). The van der Waals surface area contributed by atoms with Crippen molar-refractivity contribution in [1.29, 1.82) is 0 Å². The molecule has 0 aromatic carbocycles. The minimum absolute atomic E-state index is 0.0869. The summed E-state index contributed by atoms with van der Waals surface area (Å²) in [5.41, 5.74) is 0. The smallest absolute Gasteiger partial charge is 0.306 e. The van der Waals surface area contributed by atoms with Crippen LogP contribution >= 0.6 is 0 Å². The van der Waals surface area contributed by atoms with Gasteiger partial charge in [-0.1, -0.05) is 241 Å². The molecule has 6 heteroatoms. The van der Waals surface area contributed by atoms with Gasteiger partial charge in [0.25, 0.3) is 0 Å². The Labute approximate surface area is 414 Å². The molecule has 0 aromatic heterocycles. The highest BCUT2D eigenvalue weighted by atomic mass is 16.6. The summed E-state index contributed by atoms with van der Waals surface area (Å²) in [7, 11) is 0. The summed E-state index contributed by atoms with van der Waals surface area (Å²) in [5.74, 6) is -0.915. The molecule has 6 nitrogen and oxygen atoms in total. The molecule has 1 unspecified atom stereocenters. The zero-order chi connectivity index (χ0) is 48.6. The molecule has 0 aliphatic rings. The lowest BCUT2D eigenvalue weighted by molar-refractivity contribution is -0.167. The monoisotopic (exact) mass is 933 g/mol. The van der Waals surface area contributed by atoms with Crippen molar-refractivity contribution in [3.63, 3.8) is 0 Å². The third-order valence-corrected chi connectivity index (χ3v) is 11.9. The molecule has 0 aliphatic carbocycles. The molecule has 0 saturated heterocycles. The molecule has 0 radical (unpaired) electrons. The molecule has 0 saturated carbocycles. The van der Waals surface area contributed by atoms with Gasteiger partial charge < -0.3 is 14.2 Å². The highest BCUT2D eigenvalue weighted by molar-refractivity contribution is 5.71. The second-order valence-electron chi connectivity index (χ2n) is 18.5. The maximum Gasteiger partial charge on any atom is 0.306 e. The first-order chi connectivity index (χ1) is 33.0. The summed E-state index contributed by atoms with van der Waals surface area (Å²) < 4.78 is 16.8.